The Labute approximate surface area is 96.5 Å². The average Bonchev–Trinajstić information content (AvgIpc) is 2.51. The van der Waals surface area contributed by atoms with E-state index in [2.05, 4.69) is 6.58 Å². The van der Waals surface area contributed by atoms with Crippen LogP contribution in [-0.4, -0.2) is 36.5 Å². The quantitative estimate of drug-likeness (QED) is 0.702. The van der Waals surface area contributed by atoms with Crippen LogP contribution in [0, 0.1) is 0 Å². The fraction of sp³-hybridized carbons (Fsp3) is 0.667. The Morgan fingerprint density at radius 3 is 2.75 bits per heavy atom. The molecule has 16 heavy (non-hydrogen) atoms. The molecule has 0 radical (unpaired) electrons. The molecule has 1 aliphatic rings. The summed E-state index contributed by atoms with van der Waals surface area (Å²) in [6, 6.07) is 0. The fourth-order valence-corrected chi connectivity index (χ4v) is 1.57. The minimum Gasteiger partial charge on any atom is -0.392 e. The van der Waals surface area contributed by atoms with Crippen LogP contribution >= 0.6 is 0 Å². The van der Waals surface area contributed by atoms with Crippen molar-refractivity contribution in [3.63, 3.8) is 0 Å². The number of hydrogen-bond acceptors (Lipinski definition) is 4. The van der Waals surface area contributed by atoms with Crippen LogP contribution in [0.25, 0.3) is 0 Å². The van der Waals surface area contributed by atoms with E-state index in [9.17, 15) is 0 Å². The molecule has 1 aliphatic heterocycles. The van der Waals surface area contributed by atoms with E-state index in [1.807, 2.05) is 19.9 Å². The Hall–Kier alpha value is -0.680. The SMILES string of the molecule is C=CCO[C@@H]1OC(C)(C)O[C@H]1C/C=C/CO. The Kier molecular flexibility index (Phi) is 5.15. The zero-order chi connectivity index (χ0) is 12.0. The second-order valence-electron chi connectivity index (χ2n) is 4.05. The Bertz CT molecular complexity index is 247. The van der Waals surface area contributed by atoms with Crippen LogP contribution in [0.3, 0.4) is 0 Å². The third-order valence-corrected chi connectivity index (χ3v) is 2.16. The lowest BCUT2D eigenvalue weighted by molar-refractivity contribution is -0.187. The highest BCUT2D eigenvalue weighted by Crippen LogP contribution is 2.30. The van der Waals surface area contributed by atoms with Gasteiger partial charge in [0.15, 0.2) is 12.1 Å². The number of rotatable bonds is 6. The summed E-state index contributed by atoms with van der Waals surface area (Å²) in [5.41, 5.74) is 0. The van der Waals surface area contributed by atoms with Gasteiger partial charge in [-0.3, -0.25) is 0 Å². The minimum atomic E-state index is -0.621. The van der Waals surface area contributed by atoms with Crippen molar-refractivity contribution >= 4 is 0 Å². The number of ether oxygens (including phenoxy) is 3. The van der Waals surface area contributed by atoms with Gasteiger partial charge in [0, 0.05) is 0 Å². The van der Waals surface area contributed by atoms with E-state index in [0.29, 0.717) is 13.0 Å². The molecule has 2 atom stereocenters. The van der Waals surface area contributed by atoms with Crippen molar-refractivity contribution in [1.82, 2.24) is 0 Å². The first-order chi connectivity index (χ1) is 7.59. The first-order valence-corrected chi connectivity index (χ1v) is 5.43. The zero-order valence-electron chi connectivity index (χ0n) is 9.89. The smallest absolute Gasteiger partial charge is 0.187 e. The molecule has 0 bridgehead atoms. The summed E-state index contributed by atoms with van der Waals surface area (Å²) in [4.78, 5) is 0. The van der Waals surface area contributed by atoms with Gasteiger partial charge in [-0.15, -0.1) is 6.58 Å². The van der Waals surface area contributed by atoms with Gasteiger partial charge < -0.3 is 19.3 Å². The predicted octanol–water partition coefficient (Wildman–Crippen LogP) is 1.61. The van der Waals surface area contributed by atoms with Gasteiger partial charge in [0.05, 0.1) is 13.2 Å². The van der Waals surface area contributed by atoms with Crippen molar-refractivity contribution in [3.05, 3.63) is 24.8 Å². The molecule has 0 spiro atoms. The second kappa shape index (κ2) is 6.15. The minimum absolute atomic E-state index is 0.0369. The van der Waals surface area contributed by atoms with Gasteiger partial charge in [0.25, 0.3) is 0 Å². The van der Waals surface area contributed by atoms with Crippen LogP contribution in [0.4, 0.5) is 0 Å². The van der Waals surface area contributed by atoms with Crippen LogP contribution in [0.5, 0.6) is 0 Å². The van der Waals surface area contributed by atoms with Crippen molar-refractivity contribution in [3.8, 4) is 0 Å². The topological polar surface area (TPSA) is 47.9 Å². The van der Waals surface area contributed by atoms with E-state index in [-0.39, 0.29) is 19.0 Å². The maximum Gasteiger partial charge on any atom is 0.187 e. The summed E-state index contributed by atoms with van der Waals surface area (Å²) in [5.74, 6) is -0.621. The van der Waals surface area contributed by atoms with Crippen LogP contribution in [0.1, 0.15) is 20.3 Å². The van der Waals surface area contributed by atoms with E-state index in [1.165, 1.54) is 0 Å². The van der Waals surface area contributed by atoms with Crippen molar-refractivity contribution < 1.29 is 19.3 Å². The number of aliphatic hydroxyl groups is 1. The monoisotopic (exact) mass is 228 g/mol. The van der Waals surface area contributed by atoms with Gasteiger partial charge >= 0.3 is 0 Å². The van der Waals surface area contributed by atoms with Crippen molar-refractivity contribution in [1.29, 1.82) is 0 Å². The second-order valence-corrected chi connectivity index (χ2v) is 4.05. The molecule has 1 fully saturated rings. The molecule has 0 aliphatic carbocycles. The van der Waals surface area contributed by atoms with E-state index in [4.69, 9.17) is 19.3 Å². The third-order valence-electron chi connectivity index (χ3n) is 2.16. The van der Waals surface area contributed by atoms with Crippen LogP contribution in [-0.2, 0) is 14.2 Å². The number of hydrogen-bond donors (Lipinski definition) is 1. The average molecular weight is 228 g/mol. The van der Waals surface area contributed by atoms with Gasteiger partial charge in [0.1, 0.15) is 6.10 Å². The van der Waals surface area contributed by atoms with Gasteiger partial charge in [-0.1, -0.05) is 18.2 Å². The molecule has 1 saturated heterocycles. The van der Waals surface area contributed by atoms with Crippen molar-refractivity contribution in [2.75, 3.05) is 13.2 Å². The third kappa shape index (κ3) is 4.06. The van der Waals surface area contributed by atoms with E-state index >= 15 is 0 Å². The standard InChI is InChI=1S/C12H20O4/c1-4-9-14-11-10(7-5-6-8-13)15-12(2,3)16-11/h4-6,10-11,13H,1,7-9H2,2-3H3/b6-5+/t10-,11+/m0/s1. The van der Waals surface area contributed by atoms with Crippen molar-refractivity contribution in [2.24, 2.45) is 0 Å². The van der Waals surface area contributed by atoms with Gasteiger partial charge in [0.2, 0.25) is 0 Å². The normalized spacial score (nSPS) is 28.7. The first kappa shape index (κ1) is 13.4. The molecule has 0 aromatic heterocycles. The molecule has 0 aromatic rings. The highest BCUT2D eigenvalue weighted by atomic mass is 16.8. The molecule has 1 heterocycles. The molecule has 0 unspecified atom stereocenters. The molecule has 1 rings (SSSR count). The van der Waals surface area contributed by atoms with E-state index < -0.39 is 5.79 Å². The summed E-state index contributed by atoms with van der Waals surface area (Å²) in [5, 5.41) is 8.65. The first-order valence-electron chi connectivity index (χ1n) is 5.43. The molecule has 1 N–H and O–H groups in total. The van der Waals surface area contributed by atoms with Crippen LogP contribution in [0.15, 0.2) is 24.8 Å². The summed E-state index contributed by atoms with van der Waals surface area (Å²) in [6.07, 6.45) is 5.36. The maximum absolute atomic E-state index is 8.65. The molecule has 0 amide bonds. The molecular weight excluding hydrogens is 208 g/mol. The highest BCUT2D eigenvalue weighted by Gasteiger charge is 2.41. The molecular formula is C12H20O4. The zero-order valence-corrected chi connectivity index (χ0v) is 9.89. The van der Waals surface area contributed by atoms with Gasteiger partial charge in [-0.05, 0) is 20.3 Å². The van der Waals surface area contributed by atoms with Gasteiger partial charge in [-0.25, -0.2) is 0 Å². The Balaban J connectivity index is 2.50. The van der Waals surface area contributed by atoms with Crippen LogP contribution in [0.2, 0.25) is 0 Å². The fourth-order valence-electron chi connectivity index (χ4n) is 1.57. The molecule has 4 nitrogen and oxygen atoms in total. The van der Waals surface area contributed by atoms with E-state index in [0.717, 1.165) is 0 Å². The Morgan fingerprint density at radius 2 is 2.12 bits per heavy atom. The van der Waals surface area contributed by atoms with Gasteiger partial charge in [-0.2, -0.15) is 0 Å². The van der Waals surface area contributed by atoms with E-state index in [1.54, 1.807) is 12.2 Å². The molecule has 0 aromatic carbocycles. The lowest BCUT2D eigenvalue weighted by atomic mass is 10.2. The lowest BCUT2D eigenvalue weighted by Crippen LogP contribution is -2.25. The predicted molar refractivity (Wildman–Crippen MR) is 60.8 cm³/mol. The lowest BCUT2D eigenvalue weighted by Gasteiger charge is -2.16. The number of aliphatic hydroxyl groups excluding tert-OH is 1. The summed E-state index contributed by atoms with van der Waals surface area (Å²) in [7, 11) is 0. The van der Waals surface area contributed by atoms with Crippen LogP contribution < -0.4 is 0 Å². The molecule has 0 saturated carbocycles. The summed E-state index contributed by atoms with van der Waals surface area (Å²) in [6.45, 7) is 7.77. The molecule has 4 heteroatoms. The van der Waals surface area contributed by atoms with Crippen molar-refractivity contribution in [2.45, 2.75) is 38.4 Å². The summed E-state index contributed by atoms with van der Waals surface area (Å²) >= 11 is 0. The summed E-state index contributed by atoms with van der Waals surface area (Å²) < 4.78 is 16.8. The highest BCUT2D eigenvalue weighted by molar-refractivity contribution is 4.88. The Morgan fingerprint density at radius 1 is 1.38 bits per heavy atom. The maximum atomic E-state index is 8.65. The largest absolute Gasteiger partial charge is 0.392 e. The molecule has 92 valence electrons.